The summed E-state index contributed by atoms with van der Waals surface area (Å²) in [4.78, 5) is 11.9. The Morgan fingerprint density at radius 2 is 2.30 bits per heavy atom. The number of hydrogen-bond donors (Lipinski definition) is 1. The van der Waals surface area contributed by atoms with E-state index in [1.807, 2.05) is 18.2 Å². The second-order valence-electron chi connectivity index (χ2n) is 5.92. The molecular weight excluding hydrogens is 250 g/mol. The molecule has 2 unspecified atom stereocenters. The van der Waals surface area contributed by atoms with Crippen LogP contribution in [0.5, 0.6) is 5.75 Å². The van der Waals surface area contributed by atoms with Gasteiger partial charge in [0.2, 0.25) is 5.91 Å². The summed E-state index contributed by atoms with van der Waals surface area (Å²) in [6, 6.07) is 6.43. The van der Waals surface area contributed by atoms with E-state index in [0.717, 1.165) is 43.1 Å². The maximum atomic E-state index is 11.9. The van der Waals surface area contributed by atoms with Crippen molar-refractivity contribution in [2.75, 3.05) is 6.61 Å². The van der Waals surface area contributed by atoms with Crippen LogP contribution in [0.1, 0.15) is 37.3 Å². The largest absolute Gasteiger partial charge is 0.493 e. The molecule has 3 nitrogen and oxygen atoms in total. The predicted molar refractivity (Wildman–Crippen MR) is 79.6 cm³/mol. The van der Waals surface area contributed by atoms with Crippen LogP contribution < -0.4 is 10.1 Å². The smallest absolute Gasteiger partial charge is 0.244 e. The van der Waals surface area contributed by atoms with Crippen LogP contribution in [0.15, 0.2) is 24.3 Å². The zero-order valence-electron chi connectivity index (χ0n) is 11.9. The molecule has 1 N–H and O–H groups in total. The third-order valence-corrected chi connectivity index (χ3v) is 4.18. The summed E-state index contributed by atoms with van der Waals surface area (Å²) in [6.07, 6.45) is 7.92. The predicted octanol–water partition coefficient (Wildman–Crippen LogP) is 2.94. The van der Waals surface area contributed by atoms with Crippen molar-refractivity contribution in [1.29, 1.82) is 0 Å². The highest BCUT2D eigenvalue weighted by molar-refractivity contribution is 5.92. The first kappa shape index (κ1) is 13.2. The summed E-state index contributed by atoms with van der Waals surface area (Å²) < 4.78 is 5.47. The van der Waals surface area contributed by atoms with Gasteiger partial charge < -0.3 is 10.1 Å². The lowest BCUT2D eigenvalue weighted by molar-refractivity contribution is -0.117. The summed E-state index contributed by atoms with van der Waals surface area (Å²) in [7, 11) is 0. The van der Waals surface area contributed by atoms with Crippen LogP contribution in [0.25, 0.3) is 6.08 Å². The fourth-order valence-electron chi connectivity index (χ4n) is 3.07. The Labute approximate surface area is 120 Å². The number of fused-ring (bicyclic) bond motifs is 1. The number of hydrogen-bond acceptors (Lipinski definition) is 2. The van der Waals surface area contributed by atoms with Gasteiger partial charge in [-0.05, 0) is 54.5 Å². The number of amides is 1. The number of carbonyl (C=O) groups excluding carboxylic acids is 1. The molecule has 1 saturated carbocycles. The number of carbonyl (C=O) groups is 1. The lowest BCUT2D eigenvalue weighted by Crippen LogP contribution is -2.31. The zero-order valence-corrected chi connectivity index (χ0v) is 11.9. The summed E-state index contributed by atoms with van der Waals surface area (Å²) >= 11 is 0. The number of benzene rings is 1. The van der Waals surface area contributed by atoms with Gasteiger partial charge in [0.05, 0.1) is 6.61 Å². The summed E-state index contributed by atoms with van der Waals surface area (Å²) in [5, 5.41) is 3.08. The minimum atomic E-state index is 0.0147. The van der Waals surface area contributed by atoms with Gasteiger partial charge in [-0.3, -0.25) is 4.79 Å². The van der Waals surface area contributed by atoms with Crippen LogP contribution >= 0.6 is 0 Å². The van der Waals surface area contributed by atoms with Crippen LogP contribution in [0.3, 0.4) is 0 Å². The first-order valence-corrected chi connectivity index (χ1v) is 7.45. The Morgan fingerprint density at radius 3 is 3.10 bits per heavy atom. The molecule has 1 aliphatic carbocycles. The first-order chi connectivity index (χ1) is 9.70. The van der Waals surface area contributed by atoms with Crippen molar-refractivity contribution in [3.05, 3.63) is 35.4 Å². The van der Waals surface area contributed by atoms with Gasteiger partial charge in [-0.2, -0.15) is 0 Å². The highest BCUT2D eigenvalue weighted by Gasteiger charge is 2.21. The van der Waals surface area contributed by atoms with Gasteiger partial charge in [0.1, 0.15) is 5.75 Å². The van der Waals surface area contributed by atoms with E-state index in [4.69, 9.17) is 4.74 Å². The van der Waals surface area contributed by atoms with Gasteiger partial charge in [-0.1, -0.05) is 13.0 Å². The first-order valence-electron chi connectivity index (χ1n) is 7.45. The number of nitrogens with one attached hydrogen (secondary N) is 1. The van der Waals surface area contributed by atoms with Gasteiger partial charge in [0.15, 0.2) is 0 Å². The van der Waals surface area contributed by atoms with Crippen molar-refractivity contribution in [3.63, 3.8) is 0 Å². The van der Waals surface area contributed by atoms with E-state index in [0.29, 0.717) is 6.04 Å². The van der Waals surface area contributed by atoms with Crippen molar-refractivity contribution in [1.82, 2.24) is 5.32 Å². The fraction of sp³-hybridized carbons (Fsp3) is 0.471. The molecular formula is C17H21NO2. The van der Waals surface area contributed by atoms with Crippen LogP contribution in [0.2, 0.25) is 0 Å². The van der Waals surface area contributed by atoms with Gasteiger partial charge in [0.25, 0.3) is 0 Å². The Bertz CT molecular complexity index is 536. The van der Waals surface area contributed by atoms with E-state index in [-0.39, 0.29) is 5.91 Å². The molecule has 0 saturated heterocycles. The Balaban J connectivity index is 1.58. The van der Waals surface area contributed by atoms with Crippen LogP contribution in [-0.4, -0.2) is 18.6 Å². The van der Waals surface area contributed by atoms with Crippen molar-refractivity contribution in [2.45, 2.75) is 38.6 Å². The summed E-state index contributed by atoms with van der Waals surface area (Å²) in [5.74, 6) is 1.73. The van der Waals surface area contributed by atoms with Gasteiger partial charge in [-0.15, -0.1) is 0 Å². The monoisotopic (exact) mass is 271 g/mol. The molecule has 1 heterocycles. The molecule has 0 bridgehead atoms. The molecule has 0 aromatic heterocycles. The number of rotatable bonds is 3. The zero-order chi connectivity index (χ0) is 13.9. The fourth-order valence-corrected chi connectivity index (χ4v) is 3.07. The van der Waals surface area contributed by atoms with E-state index in [9.17, 15) is 4.79 Å². The average Bonchev–Trinajstić information content (AvgIpc) is 3.04. The van der Waals surface area contributed by atoms with Crippen LogP contribution in [0.4, 0.5) is 0 Å². The Hall–Kier alpha value is -1.77. The molecule has 1 amide bonds. The highest BCUT2D eigenvalue weighted by Crippen LogP contribution is 2.26. The highest BCUT2D eigenvalue weighted by atomic mass is 16.5. The van der Waals surface area contributed by atoms with Gasteiger partial charge in [-0.25, -0.2) is 0 Å². The van der Waals surface area contributed by atoms with Crippen molar-refractivity contribution in [2.24, 2.45) is 5.92 Å². The van der Waals surface area contributed by atoms with E-state index >= 15 is 0 Å². The molecule has 20 heavy (non-hydrogen) atoms. The maximum Gasteiger partial charge on any atom is 0.244 e. The van der Waals surface area contributed by atoms with Crippen LogP contribution in [0, 0.1) is 5.92 Å². The van der Waals surface area contributed by atoms with E-state index in [1.165, 1.54) is 12.0 Å². The maximum absolute atomic E-state index is 11.9. The molecule has 1 fully saturated rings. The van der Waals surface area contributed by atoms with E-state index in [1.54, 1.807) is 6.08 Å². The summed E-state index contributed by atoms with van der Waals surface area (Å²) in [5.41, 5.74) is 2.29. The van der Waals surface area contributed by atoms with E-state index in [2.05, 4.69) is 18.3 Å². The third-order valence-electron chi connectivity index (χ3n) is 4.18. The third kappa shape index (κ3) is 3.03. The molecule has 1 aliphatic heterocycles. The van der Waals surface area contributed by atoms with Crippen molar-refractivity contribution in [3.8, 4) is 5.75 Å². The van der Waals surface area contributed by atoms with E-state index < -0.39 is 0 Å². The number of ether oxygens (including phenoxy) is 1. The molecule has 1 aromatic rings. The van der Waals surface area contributed by atoms with Crippen molar-refractivity contribution >= 4 is 12.0 Å². The quantitative estimate of drug-likeness (QED) is 0.858. The SMILES string of the molecule is CC1CCC(NC(=O)/C=C/c2ccc3c(c2)CCO3)C1. The molecule has 2 aliphatic rings. The lowest BCUT2D eigenvalue weighted by atomic mass is 10.1. The Kier molecular flexibility index (Phi) is 3.77. The molecule has 3 heteroatoms. The molecule has 3 rings (SSSR count). The second kappa shape index (κ2) is 5.70. The van der Waals surface area contributed by atoms with Crippen molar-refractivity contribution < 1.29 is 9.53 Å². The second-order valence-corrected chi connectivity index (χ2v) is 5.92. The molecule has 106 valence electrons. The molecule has 2 atom stereocenters. The summed E-state index contributed by atoms with van der Waals surface area (Å²) in [6.45, 7) is 3.01. The average molecular weight is 271 g/mol. The van der Waals surface area contributed by atoms with Gasteiger partial charge >= 0.3 is 0 Å². The molecule has 1 aromatic carbocycles. The van der Waals surface area contributed by atoms with Crippen LogP contribution in [-0.2, 0) is 11.2 Å². The topological polar surface area (TPSA) is 38.3 Å². The lowest BCUT2D eigenvalue weighted by Gasteiger charge is -2.10. The molecule has 0 spiro atoms. The standard InChI is InChI=1S/C17H21NO2/c1-12-2-5-15(10-12)18-17(19)7-4-13-3-6-16-14(11-13)8-9-20-16/h3-4,6-7,11-12,15H,2,5,8-10H2,1H3,(H,18,19)/b7-4+. The Morgan fingerprint density at radius 1 is 1.40 bits per heavy atom. The van der Waals surface area contributed by atoms with Gasteiger partial charge in [0, 0.05) is 18.5 Å². The minimum absolute atomic E-state index is 0.0147. The normalized spacial score (nSPS) is 24.6. The molecule has 0 radical (unpaired) electrons. The minimum Gasteiger partial charge on any atom is -0.493 e.